The van der Waals surface area contributed by atoms with Crippen LogP contribution in [0.3, 0.4) is 0 Å². The van der Waals surface area contributed by atoms with Gasteiger partial charge in [0, 0.05) is 4.90 Å². The molecular formula is C18H36NNa3O6P2S. The van der Waals surface area contributed by atoms with Crippen LogP contribution in [-0.4, -0.2) is 126 Å². The zero-order valence-corrected chi connectivity index (χ0v) is 18.8. The SMILES string of the molecule is O=P(O)(O)C(NCCCCCCCCCCCSc1ccccc1)P(=O)(O)O.[NaH].[NaH].[NaH]. The average Bonchev–Trinajstić information content (AvgIpc) is 2.60. The van der Waals surface area contributed by atoms with Gasteiger partial charge < -0.3 is 19.6 Å². The minimum absolute atomic E-state index is 0. The van der Waals surface area contributed by atoms with E-state index in [1.165, 1.54) is 37.0 Å². The fraction of sp³-hybridized carbons (Fsp3) is 0.667. The summed E-state index contributed by atoms with van der Waals surface area (Å²) in [5.74, 6) is 1.15. The van der Waals surface area contributed by atoms with Crippen LogP contribution >= 0.6 is 27.0 Å². The van der Waals surface area contributed by atoms with Crippen molar-refractivity contribution >= 4 is 116 Å². The van der Waals surface area contributed by atoms with E-state index in [9.17, 15) is 9.13 Å². The molecule has 0 atom stereocenters. The summed E-state index contributed by atoms with van der Waals surface area (Å²) in [7, 11) is -9.75. The summed E-state index contributed by atoms with van der Waals surface area (Å²) in [6, 6.07) is 10.4. The Morgan fingerprint density at radius 1 is 0.710 bits per heavy atom. The van der Waals surface area contributed by atoms with Crippen molar-refractivity contribution in [2.45, 2.75) is 68.2 Å². The molecule has 7 nitrogen and oxygen atoms in total. The Hall–Kier alpha value is 2.83. The van der Waals surface area contributed by atoms with Crippen molar-refractivity contribution in [3.63, 3.8) is 0 Å². The van der Waals surface area contributed by atoms with Crippen LogP contribution in [0.4, 0.5) is 0 Å². The monoisotopic (exact) mass is 525 g/mol. The maximum atomic E-state index is 11.1. The van der Waals surface area contributed by atoms with Gasteiger partial charge in [0.05, 0.1) is 0 Å². The van der Waals surface area contributed by atoms with Gasteiger partial charge in [-0.05, 0) is 37.3 Å². The van der Waals surface area contributed by atoms with Crippen molar-refractivity contribution < 1.29 is 28.7 Å². The van der Waals surface area contributed by atoms with E-state index in [2.05, 4.69) is 29.6 Å². The van der Waals surface area contributed by atoms with Crippen LogP contribution in [0.15, 0.2) is 35.2 Å². The van der Waals surface area contributed by atoms with Gasteiger partial charge in [-0.1, -0.05) is 63.1 Å². The van der Waals surface area contributed by atoms with E-state index in [0.717, 1.165) is 25.0 Å². The maximum absolute atomic E-state index is 11.1. The summed E-state index contributed by atoms with van der Waals surface area (Å²) in [6.07, 6.45) is 9.73. The number of hydrogen-bond acceptors (Lipinski definition) is 4. The third-order valence-electron chi connectivity index (χ3n) is 4.30. The zero-order chi connectivity index (χ0) is 20.9. The van der Waals surface area contributed by atoms with E-state index in [1.54, 1.807) is 0 Å². The van der Waals surface area contributed by atoms with E-state index in [1.807, 2.05) is 17.8 Å². The molecule has 5 N–H and O–H groups in total. The summed E-state index contributed by atoms with van der Waals surface area (Å²) in [4.78, 5) is 37.3. The number of unbranched alkanes of at least 4 members (excludes halogenated alkanes) is 8. The molecule has 0 saturated carbocycles. The first kappa shape index (κ1) is 38.4. The van der Waals surface area contributed by atoms with Crippen LogP contribution in [0, 0.1) is 0 Å². The summed E-state index contributed by atoms with van der Waals surface area (Å²) in [5, 5.41) is 2.31. The van der Waals surface area contributed by atoms with Gasteiger partial charge in [-0.3, -0.25) is 14.4 Å². The predicted octanol–water partition coefficient (Wildman–Crippen LogP) is 2.57. The average molecular weight is 525 g/mol. The topological polar surface area (TPSA) is 127 Å². The van der Waals surface area contributed by atoms with Crippen LogP contribution in [0.2, 0.25) is 0 Å². The third-order valence-corrected chi connectivity index (χ3v) is 8.84. The van der Waals surface area contributed by atoms with Gasteiger partial charge in [-0.25, -0.2) is 0 Å². The molecule has 0 aliphatic heterocycles. The molecule has 1 aromatic rings. The Morgan fingerprint density at radius 3 is 1.58 bits per heavy atom. The van der Waals surface area contributed by atoms with E-state index < -0.39 is 20.7 Å². The molecule has 0 fully saturated rings. The number of thioether (sulfide) groups is 1. The van der Waals surface area contributed by atoms with Gasteiger partial charge in [-0.2, -0.15) is 0 Å². The Kier molecular flexibility index (Phi) is 27.3. The van der Waals surface area contributed by atoms with E-state index in [4.69, 9.17) is 19.6 Å². The summed E-state index contributed by atoms with van der Waals surface area (Å²) >= 11 is 1.90. The molecular weight excluding hydrogens is 489 g/mol. The van der Waals surface area contributed by atoms with Crippen LogP contribution < -0.4 is 5.32 Å². The van der Waals surface area contributed by atoms with E-state index >= 15 is 0 Å². The Balaban J connectivity index is -0.00000261. The van der Waals surface area contributed by atoms with Crippen LogP contribution in [0.5, 0.6) is 0 Å². The molecule has 1 aromatic carbocycles. The van der Waals surface area contributed by atoms with E-state index in [-0.39, 0.29) is 95.2 Å². The Morgan fingerprint density at radius 2 is 1.13 bits per heavy atom. The molecule has 0 aliphatic carbocycles. The first-order chi connectivity index (χ1) is 13.2. The fourth-order valence-electron chi connectivity index (χ4n) is 2.84. The quantitative estimate of drug-likeness (QED) is 0.0965. The molecule has 0 unspecified atom stereocenters. The van der Waals surface area contributed by atoms with Gasteiger partial charge in [0.1, 0.15) is 0 Å². The van der Waals surface area contributed by atoms with Gasteiger partial charge >= 0.3 is 104 Å². The molecule has 0 radical (unpaired) electrons. The van der Waals surface area contributed by atoms with Crippen molar-refractivity contribution in [3.05, 3.63) is 30.3 Å². The number of nitrogens with one attached hydrogen (secondary N) is 1. The van der Waals surface area contributed by atoms with Crippen molar-refractivity contribution in [3.8, 4) is 0 Å². The Labute approximate surface area is 257 Å². The van der Waals surface area contributed by atoms with Crippen LogP contribution in [0.25, 0.3) is 0 Å². The molecule has 13 heteroatoms. The molecule has 0 spiro atoms. The predicted molar refractivity (Wildman–Crippen MR) is 136 cm³/mol. The normalized spacial score (nSPS) is 11.4. The molecule has 0 amide bonds. The van der Waals surface area contributed by atoms with Crippen molar-refractivity contribution in [1.29, 1.82) is 0 Å². The Bertz CT molecular complexity index is 614. The summed E-state index contributed by atoms with van der Waals surface area (Å²) in [5.41, 5.74) is -2.10. The molecule has 1 rings (SSSR count). The molecule has 0 saturated heterocycles. The third kappa shape index (κ3) is 20.7. The van der Waals surface area contributed by atoms with Crippen LogP contribution in [-0.2, 0) is 9.13 Å². The zero-order valence-electron chi connectivity index (χ0n) is 16.2. The van der Waals surface area contributed by atoms with Crippen molar-refractivity contribution in [2.75, 3.05) is 12.3 Å². The molecule has 0 heterocycles. The molecule has 0 aromatic heterocycles. The first-order valence-corrected chi connectivity index (χ1v) is 14.1. The van der Waals surface area contributed by atoms with Gasteiger partial charge in [-0.15, -0.1) is 11.8 Å². The minimum atomic E-state index is -4.87. The summed E-state index contributed by atoms with van der Waals surface area (Å²) < 4.78 is 22.2. The molecule has 31 heavy (non-hydrogen) atoms. The molecule has 168 valence electrons. The first-order valence-electron chi connectivity index (χ1n) is 9.73. The van der Waals surface area contributed by atoms with Gasteiger partial charge in [0.2, 0.25) is 5.52 Å². The van der Waals surface area contributed by atoms with Crippen molar-refractivity contribution in [1.82, 2.24) is 5.32 Å². The molecule has 0 aliphatic rings. The van der Waals surface area contributed by atoms with E-state index in [0.29, 0.717) is 6.42 Å². The van der Waals surface area contributed by atoms with Gasteiger partial charge in [0.15, 0.2) is 0 Å². The number of hydrogen-bond donors (Lipinski definition) is 5. The second kappa shape index (κ2) is 22.1. The second-order valence-corrected chi connectivity index (χ2v) is 11.8. The fourth-order valence-corrected chi connectivity index (χ4v) is 6.07. The second-order valence-electron chi connectivity index (χ2n) is 6.85. The van der Waals surface area contributed by atoms with Crippen molar-refractivity contribution in [2.24, 2.45) is 0 Å². The summed E-state index contributed by atoms with van der Waals surface area (Å²) in [6.45, 7) is 0.181. The standard InChI is InChI=1S/C18H33NO6P2S.3Na.3H/c20-26(21,22)18(27(23,24)25)19-15-11-6-4-2-1-3-5-7-12-16-28-17-13-9-8-10-14-17;;;;;;/h8-10,13-14,18-19H,1-7,11-12,15-16H2,(H2,20,21,22)(H2,23,24,25);;;;;;. The number of rotatable bonds is 16. The number of benzene rings is 1. The van der Waals surface area contributed by atoms with Crippen LogP contribution in [0.1, 0.15) is 57.8 Å². The molecule has 0 bridgehead atoms. The van der Waals surface area contributed by atoms with Gasteiger partial charge in [0.25, 0.3) is 0 Å².